The number of benzene rings is 2. The van der Waals surface area contributed by atoms with E-state index >= 15 is 0 Å². The highest BCUT2D eigenvalue weighted by atomic mass is 16.4. The number of carbonyl (C=O) groups excluding carboxylic acids is 2. The van der Waals surface area contributed by atoms with Crippen molar-refractivity contribution in [3.05, 3.63) is 65.2 Å². The molecule has 2 amide bonds. The molecular weight excluding hydrogens is 368 g/mol. The average molecular weight is 396 g/mol. The number of carboxylic acids is 1. The lowest BCUT2D eigenvalue weighted by atomic mass is 10.0. The van der Waals surface area contributed by atoms with E-state index in [0.29, 0.717) is 23.2 Å². The number of aromatic carboxylic acids is 1. The first-order chi connectivity index (χ1) is 14.0. The van der Waals surface area contributed by atoms with Crippen LogP contribution in [0.2, 0.25) is 0 Å². The summed E-state index contributed by atoms with van der Waals surface area (Å²) in [4.78, 5) is 37.9. The van der Waals surface area contributed by atoms with E-state index in [1.165, 1.54) is 6.07 Å². The Morgan fingerprint density at radius 1 is 0.931 bits per heavy atom. The third kappa shape index (κ3) is 6.45. The van der Waals surface area contributed by atoms with Crippen LogP contribution in [0.3, 0.4) is 0 Å². The van der Waals surface area contributed by atoms with Gasteiger partial charge in [0.1, 0.15) is 0 Å². The van der Waals surface area contributed by atoms with E-state index in [1.807, 2.05) is 18.7 Å². The molecule has 0 atom stereocenters. The van der Waals surface area contributed by atoms with Gasteiger partial charge in [-0.25, -0.2) is 4.79 Å². The maximum absolute atomic E-state index is 12.6. The van der Waals surface area contributed by atoms with E-state index in [1.54, 1.807) is 42.5 Å². The second kappa shape index (κ2) is 11.0. The predicted molar refractivity (Wildman–Crippen MR) is 113 cm³/mol. The number of aryl methyl sites for hydroxylation is 1. The zero-order valence-electron chi connectivity index (χ0n) is 17.0. The van der Waals surface area contributed by atoms with Gasteiger partial charge in [-0.3, -0.25) is 9.59 Å². The van der Waals surface area contributed by atoms with Crippen molar-refractivity contribution < 1.29 is 19.5 Å². The maximum atomic E-state index is 12.6. The predicted octanol–water partition coefficient (Wildman–Crippen LogP) is 4.22. The van der Waals surface area contributed by atoms with Gasteiger partial charge in [0.05, 0.1) is 5.56 Å². The minimum absolute atomic E-state index is 0.00291. The summed E-state index contributed by atoms with van der Waals surface area (Å²) in [5, 5.41) is 12.0. The second-order valence-corrected chi connectivity index (χ2v) is 6.88. The van der Waals surface area contributed by atoms with Crippen molar-refractivity contribution >= 4 is 23.5 Å². The summed E-state index contributed by atoms with van der Waals surface area (Å²) < 4.78 is 0. The second-order valence-electron chi connectivity index (χ2n) is 6.88. The number of hydrogen-bond donors (Lipinski definition) is 2. The zero-order chi connectivity index (χ0) is 21.2. The van der Waals surface area contributed by atoms with Crippen LogP contribution in [0, 0.1) is 0 Å². The van der Waals surface area contributed by atoms with E-state index in [9.17, 15) is 19.5 Å². The van der Waals surface area contributed by atoms with Gasteiger partial charge in [-0.05, 0) is 55.2 Å². The Labute approximate surface area is 171 Å². The molecule has 0 radical (unpaired) electrons. The molecule has 0 saturated heterocycles. The lowest BCUT2D eigenvalue weighted by molar-refractivity contribution is -0.116. The fourth-order valence-corrected chi connectivity index (χ4v) is 3.15. The number of nitrogens with zero attached hydrogens (tertiary/aromatic N) is 1. The molecule has 2 aromatic rings. The molecule has 6 nitrogen and oxygen atoms in total. The SMILES string of the molecule is CCCN(CCC)C(=O)c1ccc(NC(=O)CCc2ccccc2C(=O)O)cc1. The Bertz CT molecular complexity index is 840. The number of rotatable bonds is 10. The molecule has 0 aliphatic carbocycles. The summed E-state index contributed by atoms with van der Waals surface area (Å²) >= 11 is 0. The number of amides is 2. The lowest BCUT2D eigenvalue weighted by Crippen LogP contribution is -2.32. The minimum Gasteiger partial charge on any atom is -0.478 e. The molecule has 0 unspecified atom stereocenters. The van der Waals surface area contributed by atoms with Crippen molar-refractivity contribution in [1.82, 2.24) is 4.90 Å². The first-order valence-electron chi connectivity index (χ1n) is 9.96. The highest BCUT2D eigenvalue weighted by Gasteiger charge is 2.14. The van der Waals surface area contributed by atoms with Gasteiger partial charge in [0.25, 0.3) is 5.91 Å². The quantitative estimate of drug-likeness (QED) is 0.630. The Kier molecular flexibility index (Phi) is 8.40. The Morgan fingerprint density at radius 3 is 2.14 bits per heavy atom. The van der Waals surface area contributed by atoms with Crippen molar-refractivity contribution in [3.8, 4) is 0 Å². The van der Waals surface area contributed by atoms with E-state index in [4.69, 9.17) is 0 Å². The smallest absolute Gasteiger partial charge is 0.335 e. The van der Waals surface area contributed by atoms with Crippen molar-refractivity contribution in [1.29, 1.82) is 0 Å². The third-order valence-corrected chi connectivity index (χ3v) is 4.56. The van der Waals surface area contributed by atoms with Crippen molar-refractivity contribution in [2.75, 3.05) is 18.4 Å². The number of anilines is 1. The highest BCUT2D eigenvalue weighted by Crippen LogP contribution is 2.15. The van der Waals surface area contributed by atoms with Crippen LogP contribution in [0.4, 0.5) is 5.69 Å². The molecule has 6 heteroatoms. The highest BCUT2D eigenvalue weighted by molar-refractivity contribution is 5.96. The number of hydrogen-bond acceptors (Lipinski definition) is 3. The molecule has 0 aromatic heterocycles. The number of nitrogens with one attached hydrogen (secondary N) is 1. The zero-order valence-corrected chi connectivity index (χ0v) is 17.0. The summed E-state index contributed by atoms with van der Waals surface area (Å²) in [5.41, 5.74) is 2.05. The van der Waals surface area contributed by atoms with Gasteiger partial charge in [-0.15, -0.1) is 0 Å². The van der Waals surface area contributed by atoms with Gasteiger partial charge < -0.3 is 15.3 Å². The maximum Gasteiger partial charge on any atom is 0.335 e. The van der Waals surface area contributed by atoms with Crippen LogP contribution in [0.15, 0.2) is 48.5 Å². The summed E-state index contributed by atoms with van der Waals surface area (Å²) in [6, 6.07) is 13.5. The average Bonchev–Trinajstić information content (AvgIpc) is 2.72. The van der Waals surface area contributed by atoms with Crippen LogP contribution in [0.25, 0.3) is 0 Å². The Morgan fingerprint density at radius 2 is 1.55 bits per heavy atom. The van der Waals surface area contributed by atoms with Crippen molar-refractivity contribution in [2.24, 2.45) is 0 Å². The molecule has 0 spiro atoms. The topological polar surface area (TPSA) is 86.7 Å². The Balaban J connectivity index is 1.95. The molecular formula is C23H28N2O4. The van der Waals surface area contributed by atoms with Crippen LogP contribution in [-0.4, -0.2) is 40.9 Å². The van der Waals surface area contributed by atoms with Gasteiger partial charge in [-0.1, -0.05) is 32.0 Å². The summed E-state index contributed by atoms with van der Waals surface area (Å²) in [5.74, 6) is -1.21. The first kappa shape index (κ1) is 22.1. The molecule has 2 rings (SSSR count). The van der Waals surface area contributed by atoms with Crippen molar-refractivity contribution in [2.45, 2.75) is 39.5 Å². The van der Waals surface area contributed by atoms with Crippen LogP contribution < -0.4 is 5.32 Å². The number of carbonyl (C=O) groups is 3. The van der Waals surface area contributed by atoms with Gasteiger partial charge in [0, 0.05) is 30.8 Å². The van der Waals surface area contributed by atoms with Gasteiger partial charge >= 0.3 is 5.97 Å². The van der Waals surface area contributed by atoms with E-state index in [2.05, 4.69) is 5.32 Å². The Hall–Kier alpha value is -3.15. The van der Waals surface area contributed by atoms with Gasteiger partial charge in [0.2, 0.25) is 5.91 Å². The summed E-state index contributed by atoms with van der Waals surface area (Å²) in [7, 11) is 0. The minimum atomic E-state index is -0.999. The fraction of sp³-hybridized carbons (Fsp3) is 0.348. The third-order valence-electron chi connectivity index (χ3n) is 4.56. The molecule has 0 bridgehead atoms. The number of carboxylic acid groups (broad SMARTS) is 1. The van der Waals surface area contributed by atoms with Gasteiger partial charge in [-0.2, -0.15) is 0 Å². The molecule has 0 fully saturated rings. The van der Waals surface area contributed by atoms with E-state index in [0.717, 1.165) is 25.9 Å². The molecule has 2 aromatic carbocycles. The molecule has 0 heterocycles. The normalized spacial score (nSPS) is 10.4. The molecule has 2 N–H and O–H groups in total. The largest absolute Gasteiger partial charge is 0.478 e. The summed E-state index contributed by atoms with van der Waals surface area (Å²) in [6.07, 6.45) is 2.33. The van der Waals surface area contributed by atoms with Crippen LogP contribution >= 0.6 is 0 Å². The summed E-state index contributed by atoms with van der Waals surface area (Å²) in [6.45, 7) is 5.54. The molecule has 0 aliphatic heterocycles. The molecule has 29 heavy (non-hydrogen) atoms. The van der Waals surface area contributed by atoms with E-state index < -0.39 is 5.97 Å². The molecule has 0 aliphatic rings. The monoisotopic (exact) mass is 396 g/mol. The standard InChI is InChI=1S/C23H28N2O4/c1-3-15-25(16-4-2)22(27)18-9-12-19(13-10-18)24-21(26)14-11-17-7-5-6-8-20(17)23(28)29/h5-10,12-13H,3-4,11,14-16H2,1-2H3,(H,24,26)(H,28,29). The van der Waals surface area contributed by atoms with Crippen LogP contribution in [0.5, 0.6) is 0 Å². The lowest BCUT2D eigenvalue weighted by Gasteiger charge is -2.21. The van der Waals surface area contributed by atoms with Crippen LogP contribution in [-0.2, 0) is 11.2 Å². The fourth-order valence-electron chi connectivity index (χ4n) is 3.15. The molecule has 154 valence electrons. The van der Waals surface area contributed by atoms with Gasteiger partial charge in [0.15, 0.2) is 0 Å². The first-order valence-corrected chi connectivity index (χ1v) is 9.96. The van der Waals surface area contributed by atoms with Crippen molar-refractivity contribution in [3.63, 3.8) is 0 Å². The molecule has 0 saturated carbocycles. The van der Waals surface area contributed by atoms with E-state index in [-0.39, 0.29) is 23.8 Å². The van der Waals surface area contributed by atoms with Crippen LogP contribution in [0.1, 0.15) is 59.4 Å².